The average Bonchev–Trinajstić information content (AvgIpc) is 3.06. The Balaban J connectivity index is 1.96. The second kappa shape index (κ2) is 5.39. The molecule has 0 radical (unpaired) electrons. The van der Waals surface area contributed by atoms with Crippen molar-refractivity contribution in [1.29, 1.82) is 0 Å². The van der Waals surface area contributed by atoms with E-state index in [0.29, 0.717) is 5.41 Å². The van der Waals surface area contributed by atoms with E-state index in [2.05, 4.69) is 40.7 Å². The van der Waals surface area contributed by atoms with Crippen LogP contribution >= 0.6 is 0 Å². The number of allylic oxidation sites excluding steroid dienone is 2. The summed E-state index contributed by atoms with van der Waals surface area (Å²) in [7, 11) is 0. The Morgan fingerprint density at radius 1 is 1.28 bits per heavy atom. The van der Waals surface area contributed by atoms with Crippen LogP contribution in [0, 0.1) is 29.1 Å². The van der Waals surface area contributed by atoms with Gasteiger partial charge in [0, 0.05) is 0 Å². The van der Waals surface area contributed by atoms with Crippen LogP contribution in [-0.4, -0.2) is 0 Å². The van der Waals surface area contributed by atoms with Crippen molar-refractivity contribution in [2.24, 2.45) is 29.1 Å². The van der Waals surface area contributed by atoms with E-state index in [4.69, 9.17) is 0 Å². The number of unbranched alkanes of at least 4 members (excludes halogenated alkanes) is 1. The van der Waals surface area contributed by atoms with Crippen LogP contribution in [0.5, 0.6) is 0 Å². The fraction of sp³-hybridized carbons (Fsp3) is 0.889. The fourth-order valence-electron chi connectivity index (χ4n) is 4.32. The molecule has 2 rings (SSSR count). The molecule has 18 heavy (non-hydrogen) atoms. The normalized spacial score (nSPS) is 37.7. The molecule has 2 fully saturated rings. The van der Waals surface area contributed by atoms with Gasteiger partial charge in [-0.2, -0.15) is 0 Å². The van der Waals surface area contributed by atoms with Crippen LogP contribution in [0.4, 0.5) is 0 Å². The molecule has 4 atom stereocenters. The fourth-order valence-corrected chi connectivity index (χ4v) is 4.32. The Kier molecular flexibility index (Phi) is 4.24. The molecule has 0 nitrogen and oxygen atoms in total. The molecule has 0 heteroatoms. The molecule has 2 aliphatic rings. The van der Waals surface area contributed by atoms with E-state index in [9.17, 15) is 0 Å². The summed E-state index contributed by atoms with van der Waals surface area (Å²) in [5.74, 6) is 3.84. The smallest absolute Gasteiger partial charge is 0.0169 e. The molecule has 0 aromatic heterocycles. The minimum atomic E-state index is 0.551. The first-order chi connectivity index (χ1) is 8.48. The highest BCUT2D eigenvalue weighted by molar-refractivity contribution is 5.22. The minimum absolute atomic E-state index is 0.551. The van der Waals surface area contributed by atoms with Crippen LogP contribution in [0.15, 0.2) is 11.6 Å². The Labute approximate surface area is 114 Å². The molecule has 0 bridgehead atoms. The van der Waals surface area contributed by atoms with Crippen LogP contribution in [-0.2, 0) is 0 Å². The third kappa shape index (κ3) is 3.00. The van der Waals surface area contributed by atoms with E-state index >= 15 is 0 Å². The van der Waals surface area contributed by atoms with Gasteiger partial charge in [-0.25, -0.2) is 0 Å². The first-order valence-corrected chi connectivity index (χ1v) is 8.14. The maximum atomic E-state index is 2.49. The lowest BCUT2D eigenvalue weighted by Gasteiger charge is -2.37. The maximum Gasteiger partial charge on any atom is -0.0169 e. The zero-order valence-electron chi connectivity index (χ0n) is 13.1. The van der Waals surface area contributed by atoms with Gasteiger partial charge < -0.3 is 0 Å². The second-order valence-electron chi connectivity index (χ2n) is 7.65. The van der Waals surface area contributed by atoms with Gasteiger partial charge >= 0.3 is 0 Å². The molecule has 2 saturated carbocycles. The molecule has 0 amide bonds. The lowest BCUT2D eigenvalue weighted by Crippen LogP contribution is -2.27. The Morgan fingerprint density at radius 3 is 2.61 bits per heavy atom. The number of hydrogen-bond donors (Lipinski definition) is 0. The van der Waals surface area contributed by atoms with E-state index in [1.54, 1.807) is 5.57 Å². The van der Waals surface area contributed by atoms with Crippen molar-refractivity contribution in [3.63, 3.8) is 0 Å². The van der Waals surface area contributed by atoms with Crippen molar-refractivity contribution in [2.45, 2.75) is 73.1 Å². The summed E-state index contributed by atoms with van der Waals surface area (Å²) in [4.78, 5) is 0. The highest BCUT2D eigenvalue weighted by Gasteiger charge is 2.48. The zero-order chi connectivity index (χ0) is 13.3. The number of rotatable bonds is 5. The maximum absolute atomic E-state index is 2.49. The Bertz CT molecular complexity index is 310. The van der Waals surface area contributed by atoms with Crippen LogP contribution < -0.4 is 0 Å². The summed E-state index contributed by atoms with van der Waals surface area (Å²) in [6.07, 6.45) is 11.0. The number of fused-ring (bicyclic) bond motifs is 1. The lowest BCUT2D eigenvalue weighted by atomic mass is 9.68. The van der Waals surface area contributed by atoms with Crippen LogP contribution in [0.3, 0.4) is 0 Å². The van der Waals surface area contributed by atoms with Crippen molar-refractivity contribution >= 4 is 0 Å². The van der Waals surface area contributed by atoms with Crippen LogP contribution in [0.2, 0.25) is 0 Å². The van der Waals surface area contributed by atoms with E-state index in [-0.39, 0.29) is 0 Å². The van der Waals surface area contributed by atoms with Gasteiger partial charge in [0.25, 0.3) is 0 Å². The van der Waals surface area contributed by atoms with Crippen molar-refractivity contribution in [3.8, 4) is 0 Å². The van der Waals surface area contributed by atoms with Crippen LogP contribution in [0.1, 0.15) is 73.1 Å². The monoisotopic (exact) mass is 248 g/mol. The zero-order valence-corrected chi connectivity index (χ0v) is 13.1. The van der Waals surface area contributed by atoms with Gasteiger partial charge in [-0.05, 0) is 61.7 Å². The minimum Gasteiger partial charge on any atom is -0.0879 e. The molecule has 2 aliphatic carbocycles. The summed E-state index contributed by atoms with van der Waals surface area (Å²) in [5, 5.41) is 0. The Morgan fingerprint density at radius 2 is 2.00 bits per heavy atom. The summed E-state index contributed by atoms with van der Waals surface area (Å²) < 4.78 is 0. The van der Waals surface area contributed by atoms with Crippen molar-refractivity contribution < 1.29 is 0 Å². The lowest BCUT2D eigenvalue weighted by molar-refractivity contribution is 0.182. The topological polar surface area (TPSA) is 0 Å². The Hall–Kier alpha value is -0.260. The molecule has 4 unspecified atom stereocenters. The van der Waals surface area contributed by atoms with Gasteiger partial charge in [0.05, 0.1) is 0 Å². The SMILES string of the molecule is CC=C1C(C)C(CC(C)(C)CCCC)CC2CC12. The standard InChI is InChI=1S/C18H32/c1-6-8-9-18(4,5)12-15-10-14-11-17(14)16(7-2)13(15)3/h7,13-15,17H,6,8-12H2,1-5H3. The molecular formula is C18H32. The van der Waals surface area contributed by atoms with Gasteiger partial charge in [-0.1, -0.05) is 52.2 Å². The summed E-state index contributed by atoms with van der Waals surface area (Å²) in [6, 6.07) is 0. The second-order valence-corrected chi connectivity index (χ2v) is 7.65. The van der Waals surface area contributed by atoms with Gasteiger partial charge in [-0.3, -0.25) is 0 Å². The summed E-state index contributed by atoms with van der Waals surface area (Å²) in [6.45, 7) is 12.0. The van der Waals surface area contributed by atoms with Crippen molar-refractivity contribution in [3.05, 3.63) is 11.6 Å². The predicted octanol–water partition coefficient (Wildman–Crippen LogP) is 5.83. The van der Waals surface area contributed by atoms with Gasteiger partial charge in [0.2, 0.25) is 0 Å². The predicted molar refractivity (Wildman–Crippen MR) is 80.5 cm³/mol. The first-order valence-electron chi connectivity index (χ1n) is 8.14. The molecule has 0 aliphatic heterocycles. The highest BCUT2D eigenvalue weighted by Crippen LogP contribution is 2.58. The third-order valence-electron chi connectivity index (χ3n) is 5.54. The van der Waals surface area contributed by atoms with Gasteiger partial charge in [-0.15, -0.1) is 0 Å². The van der Waals surface area contributed by atoms with Crippen molar-refractivity contribution in [1.82, 2.24) is 0 Å². The highest BCUT2D eigenvalue weighted by atomic mass is 14.5. The van der Waals surface area contributed by atoms with E-state index < -0.39 is 0 Å². The molecular weight excluding hydrogens is 216 g/mol. The largest absolute Gasteiger partial charge is 0.0879 e. The van der Waals surface area contributed by atoms with Gasteiger partial charge in [0.15, 0.2) is 0 Å². The first kappa shape index (κ1) is 14.2. The number of hydrogen-bond acceptors (Lipinski definition) is 0. The molecule has 0 spiro atoms. The molecule has 0 aromatic carbocycles. The van der Waals surface area contributed by atoms with Gasteiger partial charge in [0.1, 0.15) is 0 Å². The van der Waals surface area contributed by atoms with Crippen LogP contribution in [0.25, 0.3) is 0 Å². The summed E-state index contributed by atoms with van der Waals surface area (Å²) in [5.41, 5.74) is 2.35. The molecule has 0 aromatic rings. The average molecular weight is 248 g/mol. The van der Waals surface area contributed by atoms with E-state index in [0.717, 1.165) is 23.7 Å². The molecule has 0 heterocycles. The molecule has 0 N–H and O–H groups in total. The van der Waals surface area contributed by atoms with E-state index in [1.807, 2.05) is 0 Å². The molecule has 104 valence electrons. The summed E-state index contributed by atoms with van der Waals surface area (Å²) >= 11 is 0. The van der Waals surface area contributed by atoms with Crippen molar-refractivity contribution in [2.75, 3.05) is 0 Å². The quantitative estimate of drug-likeness (QED) is 0.537. The third-order valence-corrected chi connectivity index (χ3v) is 5.54. The van der Waals surface area contributed by atoms with E-state index in [1.165, 1.54) is 38.5 Å². The molecule has 0 saturated heterocycles.